The van der Waals surface area contributed by atoms with Crippen LogP contribution in [0.4, 0.5) is 9.18 Å². The number of ketones is 2. The van der Waals surface area contributed by atoms with E-state index in [0.29, 0.717) is 22.3 Å². The first-order valence-electron chi connectivity index (χ1n) is 14.4. The van der Waals surface area contributed by atoms with Crippen molar-refractivity contribution >= 4 is 55.4 Å². The van der Waals surface area contributed by atoms with E-state index in [4.69, 9.17) is 0 Å². The lowest BCUT2D eigenvalue weighted by molar-refractivity contribution is -0.134. The molecule has 0 saturated carbocycles. The predicted octanol–water partition coefficient (Wildman–Crippen LogP) is 5.88. The summed E-state index contributed by atoms with van der Waals surface area (Å²) in [6.07, 6.45) is -1.02. The van der Waals surface area contributed by atoms with Gasteiger partial charge in [0.2, 0.25) is 5.91 Å². The second-order valence-corrected chi connectivity index (χ2v) is 13.1. The standard InChI is InChI=1S/C33H32Br2FN3O5/c1-20-25(3-2-4-28(20)36)30-26(31(41)21-5-9-23(34)10-6-21)17-37(18-27(30)32(42)22-7-11-24(35)12-8-22)19-29(40)38-13-15-39(16-14-38)33(43)44/h2-12,26-27,30H,13-19H2,1H3,(H,43,44)/t26-,27+,30?. The Morgan fingerprint density at radius 3 is 1.73 bits per heavy atom. The maximum Gasteiger partial charge on any atom is 0.407 e. The molecule has 3 aromatic rings. The fraction of sp³-hybridized carbons (Fsp3) is 0.333. The minimum Gasteiger partial charge on any atom is -0.465 e. The summed E-state index contributed by atoms with van der Waals surface area (Å²) < 4.78 is 16.6. The van der Waals surface area contributed by atoms with Gasteiger partial charge < -0.3 is 14.9 Å². The van der Waals surface area contributed by atoms with Gasteiger partial charge in [-0.05, 0) is 48.4 Å². The molecule has 8 nitrogen and oxygen atoms in total. The number of amides is 2. The van der Waals surface area contributed by atoms with Crippen LogP contribution < -0.4 is 0 Å². The number of hydrogen-bond acceptors (Lipinski definition) is 5. The van der Waals surface area contributed by atoms with Crippen LogP contribution in [0, 0.1) is 24.6 Å². The average Bonchev–Trinajstić information content (AvgIpc) is 3.02. The summed E-state index contributed by atoms with van der Waals surface area (Å²) in [5, 5.41) is 9.28. The molecule has 2 amide bonds. The maximum absolute atomic E-state index is 15.0. The van der Waals surface area contributed by atoms with Gasteiger partial charge in [0.05, 0.1) is 6.54 Å². The molecular formula is C33H32Br2FN3O5. The Balaban J connectivity index is 1.53. The Morgan fingerprint density at radius 1 is 0.773 bits per heavy atom. The van der Waals surface area contributed by atoms with Crippen LogP contribution >= 0.6 is 31.9 Å². The van der Waals surface area contributed by atoms with Crippen molar-refractivity contribution in [2.24, 2.45) is 11.8 Å². The number of likely N-dealkylation sites (tertiary alicyclic amines) is 1. The highest BCUT2D eigenvalue weighted by Crippen LogP contribution is 2.42. The first kappa shape index (κ1) is 32.0. The number of piperazine rings is 1. The van der Waals surface area contributed by atoms with Gasteiger partial charge in [-0.3, -0.25) is 19.3 Å². The fourth-order valence-electron chi connectivity index (χ4n) is 6.27. The molecule has 2 fully saturated rings. The number of hydrogen-bond donors (Lipinski definition) is 1. The van der Waals surface area contributed by atoms with Crippen molar-refractivity contribution in [2.45, 2.75) is 12.8 Å². The van der Waals surface area contributed by atoms with Crippen LogP contribution in [0.1, 0.15) is 37.8 Å². The number of benzene rings is 3. The highest BCUT2D eigenvalue weighted by molar-refractivity contribution is 9.10. The number of carbonyl (C=O) groups excluding carboxylic acids is 3. The number of Topliss-reactive ketones (excluding diaryl/α,β-unsaturated/α-hetero) is 2. The summed E-state index contributed by atoms with van der Waals surface area (Å²) in [7, 11) is 0. The van der Waals surface area contributed by atoms with Crippen molar-refractivity contribution in [2.75, 3.05) is 45.8 Å². The van der Waals surface area contributed by atoms with Gasteiger partial charge in [0, 0.05) is 77.1 Å². The topological polar surface area (TPSA) is 98.2 Å². The van der Waals surface area contributed by atoms with Gasteiger partial charge in [0.25, 0.3) is 0 Å². The highest BCUT2D eigenvalue weighted by atomic mass is 79.9. The number of halogens is 3. The first-order valence-corrected chi connectivity index (χ1v) is 15.9. The normalized spacial score (nSPS) is 20.8. The Hall–Kier alpha value is -3.41. The van der Waals surface area contributed by atoms with Crippen LogP contribution in [0.25, 0.3) is 0 Å². The number of nitrogens with zero attached hydrogens (tertiary/aromatic N) is 3. The summed E-state index contributed by atoms with van der Waals surface area (Å²) in [6, 6.07) is 18.8. The van der Waals surface area contributed by atoms with Crippen molar-refractivity contribution in [1.82, 2.24) is 14.7 Å². The maximum atomic E-state index is 15.0. The van der Waals surface area contributed by atoms with Crippen LogP contribution in [0.2, 0.25) is 0 Å². The SMILES string of the molecule is Cc1c(F)cccc1C1[C@@H](C(=O)c2ccc(Br)cc2)CN(CC(=O)N2CCN(C(=O)O)CC2)C[C@H]1C(=O)c1ccc(Br)cc1. The summed E-state index contributed by atoms with van der Waals surface area (Å²) in [5.41, 5.74) is 1.92. The van der Waals surface area contributed by atoms with E-state index in [2.05, 4.69) is 31.9 Å². The molecule has 11 heteroatoms. The molecule has 2 aliphatic heterocycles. The molecule has 0 aromatic heterocycles. The van der Waals surface area contributed by atoms with Gasteiger partial charge in [-0.2, -0.15) is 0 Å². The molecule has 1 unspecified atom stereocenters. The minimum atomic E-state index is -1.02. The second kappa shape index (κ2) is 13.7. The molecule has 3 aromatic carbocycles. The fourth-order valence-corrected chi connectivity index (χ4v) is 6.80. The van der Waals surface area contributed by atoms with Crippen molar-refractivity contribution in [3.63, 3.8) is 0 Å². The van der Waals surface area contributed by atoms with Crippen molar-refractivity contribution in [1.29, 1.82) is 0 Å². The van der Waals surface area contributed by atoms with E-state index in [9.17, 15) is 28.7 Å². The van der Waals surface area contributed by atoms with Gasteiger partial charge in [0.15, 0.2) is 11.6 Å². The molecular weight excluding hydrogens is 697 g/mol. The molecule has 0 radical (unpaired) electrons. The lowest BCUT2D eigenvalue weighted by atomic mass is 9.68. The van der Waals surface area contributed by atoms with Gasteiger partial charge in [-0.25, -0.2) is 9.18 Å². The third-order valence-electron chi connectivity index (χ3n) is 8.64. The molecule has 2 aliphatic rings. The van der Waals surface area contributed by atoms with Gasteiger partial charge in [0.1, 0.15) is 5.82 Å². The number of carboxylic acid groups (broad SMARTS) is 1. The number of carbonyl (C=O) groups is 4. The Kier molecular flexibility index (Phi) is 9.97. The van der Waals surface area contributed by atoms with Crippen LogP contribution in [-0.2, 0) is 4.79 Å². The molecule has 1 N–H and O–H groups in total. The van der Waals surface area contributed by atoms with E-state index in [1.54, 1.807) is 72.5 Å². The minimum absolute atomic E-state index is 0.0316. The largest absolute Gasteiger partial charge is 0.465 e. The van der Waals surface area contributed by atoms with E-state index < -0.39 is 29.7 Å². The van der Waals surface area contributed by atoms with Crippen molar-refractivity contribution < 1.29 is 28.7 Å². The number of piperidine rings is 1. The van der Waals surface area contributed by atoms with E-state index in [1.165, 1.54) is 11.0 Å². The molecule has 0 bridgehead atoms. The number of rotatable bonds is 7. The van der Waals surface area contributed by atoms with Gasteiger partial charge in [-0.15, -0.1) is 0 Å². The third-order valence-corrected chi connectivity index (χ3v) is 9.70. The summed E-state index contributed by atoms with van der Waals surface area (Å²) in [4.78, 5) is 58.1. The Morgan fingerprint density at radius 2 is 1.25 bits per heavy atom. The average molecular weight is 729 g/mol. The lowest BCUT2D eigenvalue weighted by Crippen LogP contribution is -2.55. The zero-order valence-electron chi connectivity index (χ0n) is 24.1. The van der Waals surface area contributed by atoms with Crippen LogP contribution in [0.3, 0.4) is 0 Å². The summed E-state index contributed by atoms with van der Waals surface area (Å²) in [6.45, 7) is 3.00. The zero-order valence-corrected chi connectivity index (χ0v) is 27.3. The molecule has 5 rings (SSSR count). The molecule has 0 aliphatic carbocycles. The summed E-state index contributed by atoms with van der Waals surface area (Å²) >= 11 is 6.83. The quantitative estimate of drug-likeness (QED) is 0.306. The van der Waals surface area contributed by atoms with Crippen molar-refractivity contribution in [3.05, 3.63) is 104 Å². The smallest absolute Gasteiger partial charge is 0.407 e. The highest BCUT2D eigenvalue weighted by Gasteiger charge is 2.46. The second-order valence-electron chi connectivity index (χ2n) is 11.3. The first-order chi connectivity index (χ1) is 21.0. The lowest BCUT2D eigenvalue weighted by Gasteiger charge is -2.44. The molecule has 2 saturated heterocycles. The molecule has 230 valence electrons. The Labute approximate surface area is 272 Å². The monoisotopic (exact) mass is 727 g/mol. The van der Waals surface area contributed by atoms with E-state index in [-0.39, 0.29) is 63.3 Å². The summed E-state index contributed by atoms with van der Waals surface area (Å²) in [5.74, 6) is -3.11. The molecule has 0 spiro atoms. The molecule has 3 atom stereocenters. The molecule has 44 heavy (non-hydrogen) atoms. The van der Waals surface area contributed by atoms with E-state index >= 15 is 0 Å². The van der Waals surface area contributed by atoms with E-state index in [1.807, 2.05) is 4.90 Å². The predicted molar refractivity (Wildman–Crippen MR) is 170 cm³/mol. The third kappa shape index (κ3) is 6.95. The van der Waals surface area contributed by atoms with Crippen molar-refractivity contribution in [3.8, 4) is 0 Å². The van der Waals surface area contributed by atoms with Crippen LogP contribution in [0.5, 0.6) is 0 Å². The Bertz CT molecular complexity index is 1490. The van der Waals surface area contributed by atoms with Gasteiger partial charge >= 0.3 is 6.09 Å². The van der Waals surface area contributed by atoms with E-state index in [0.717, 1.165) is 8.95 Å². The van der Waals surface area contributed by atoms with Gasteiger partial charge in [-0.1, -0.05) is 68.3 Å². The van der Waals surface area contributed by atoms with Crippen LogP contribution in [-0.4, -0.2) is 89.2 Å². The molecule has 2 heterocycles. The zero-order chi connectivity index (χ0) is 31.5. The van der Waals surface area contributed by atoms with Crippen LogP contribution in [0.15, 0.2) is 75.7 Å².